The molecule has 22 nitrogen and oxygen atoms in total. The number of ether oxygens (including phenoxy) is 6. The van der Waals surface area contributed by atoms with Crippen molar-refractivity contribution in [3.8, 4) is 0 Å². The molecule has 5 amide bonds. The topological polar surface area (TPSA) is 258 Å². The van der Waals surface area contributed by atoms with Gasteiger partial charge in [0.2, 0.25) is 11.8 Å². The van der Waals surface area contributed by atoms with Crippen LogP contribution in [0.5, 0.6) is 0 Å². The van der Waals surface area contributed by atoms with Gasteiger partial charge in [-0.2, -0.15) is 0 Å². The molecule has 3 saturated heterocycles. The van der Waals surface area contributed by atoms with E-state index < -0.39 is 153 Å². The van der Waals surface area contributed by atoms with Crippen molar-refractivity contribution in [3.63, 3.8) is 0 Å². The fourth-order valence-electron chi connectivity index (χ4n) is 16.3. The van der Waals surface area contributed by atoms with Crippen molar-refractivity contribution < 1.29 is 80.0 Å². The number of carbonyl (C=O) groups is 6. The lowest BCUT2D eigenvalue weighted by Gasteiger charge is -2.58. The van der Waals surface area contributed by atoms with Crippen LogP contribution in [-0.2, 0) is 65.3 Å². The highest BCUT2D eigenvalue weighted by Crippen LogP contribution is 2.50. The number of hydrogen-bond donors (Lipinski definition) is 4. The Bertz CT molecular complexity index is 3050. The van der Waals surface area contributed by atoms with Gasteiger partial charge in [0.25, 0.3) is 14.2 Å². The van der Waals surface area contributed by atoms with E-state index in [2.05, 4.69) is 130 Å². The molecule has 2 aromatic rings. The van der Waals surface area contributed by atoms with Crippen molar-refractivity contribution in [3.05, 3.63) is 72.3 Å². The van der Waals surface area contributed by atoms with Crippen LogP contribution >= 0.6 is 0 Å². The average molecular weight is 1510 g/mol. The summed E-state index contributed by atoms with van der Waals surface area (Å²) in [6.45, 7) is 37.7. The highest BCUT2D eigenvalue weighted by molar-refractivity contribution is 6.99. The maximum atomic E-state index is 16.5. The number of hydrogen-bond acceptors (Lipinski definition) is 17. The molecule has 580 valence electrons. The lowest BCUT2D eigenvalue weighted by Crippen LogP contribution is -2.80. The minimum absolute atomic E-state index is 0.0735. The summed E-state index contributed by atoms with van der Waals surface area (Å²) in [6.07, 6.45) is -4.89. The van der Waals surface area contributed by atoms with Gasteiger partial charge in [-0.05, 0) is 122 Å². The van der Waals surface area contributed by atoms with Crippen LogP contribution in [0.1, 0.15) is 176 Å². The Morgan fingerprint density at radius 3 is 1.83 bits per heavy atom. The van der Waals surface area contributed by atoms with E-state index in [1.165, 1.54) is 12.0 Å². The van der Waals surface area contributed by atoms with Crippen LogP contribution in [0.15, 0.2) is 72.3 Å². The number of piperidine rings is 1. The zero-order valence-corrected chi connectivity index (χ0v) is 69.8. The standard InChI is InChI=1S/C77H129N5O17Si4/c1-20-30-33-42-62(83)91-51-60-64(97-100(21-2,22-3)23-4)65(98-101(24-5,25-6)26-7)66(99-102(27-8,28-9)29-10)72(94-60)93-55-48-59-68(84)77(49-55)67(80-73(88)95-77)63(70(86)78-45-43-54-44-46-81(50-54)74(89)96-75(13,14)15)82(59)71(87)58(47-53(11)12)79-69(85)61(90-19)52-92-103(76(16,17)18,56-38-34-31-35-39-56)57-40-36-32-37-41-57/h31-32,34-41,44,53,55,58-61,63-68,72,84H,20-30,33,42-43,45-52H2,1-19H3,(H,78,86)(H,79,85)(H,80,88)/t55-,58-,59-,60-,61-,63-,64-,65+,66-,67+,68+,72+,77+/m1/s1. The Hall–Kier alpha value is -4.85. The molecule has 1 aliphatic carbocycles. The Labute approximate surface area is 620 Å². The summed E-state index contributed by atoms with van der Waals surface area (Å²) in [7, 11) is -9.58. The van der Waals surface area contributed by atoms with E-state index in [1.54, 1.807) is 25.7 Å². The maximum Gasteiger partial charge on any atom is 0.410 e. The van der Waals surface area contributed by atoms with E-state index in [4.69, 9.17) is 46.1 Å². The molecule has 1 saturated carbocycles. The van der Waals surface area contributed by atoms with Crippen LogP contribution in [0.4, 0.5) is 9.59 Å². The quantitative estimate of drug-likeness (QED) is 0.0160. The number of aliphatic hydroxyl groups is 1. The number of rotatable bonds is 38. The molecule has 13 atom stereocenters. The van der Waals surface area contributed by atoms with Crippen molar-refractivity contribution in [2.45, 2.75) is 320 Å². The Kier molecular flexibility index (Phi) is 30.9. The first-order chi connectivity index (χ1) is 48.8. The smallest absolute Gasteiger partial charge is 0.410 e. The van der Waals surface area contributed by atoms with Crippen LogP contribution in [0.25, 0.3) is 0 Å². The number of nitrogens with zero attached hydrogens (tertiary/aromatic N) is 2. The zero-order valence-electron chi connectivity index (χ0n) is 65.8. The molecule has 0 radical (unpaired) electrons. The predicted molar refractivity (Wildman–Crippen MR) is 410 cm³/mol. The number of esters is 1. The van der Waals surface area contributed by atoms with Crippen molar-refractivity contribution in [1.82, 2.24) is 25.8 Å². The Morgan fingerprint density at radius 2 is 1.31 bits per heavy atom. The Morgan fingerprint density at radius 1 is 0.757 bits per heavy atom. The minimum atomic E-state index is -3.23. The number of methoxy groups -OCH3 is 1. The van der Waals surface area contributed by atoms with E-state index in [1.807, 2.05) is 56.3 Å². The molecular weight excluding hydrogens is 1380 g/mol. The molecule has 0 aromatic heterocycles. The molecule has 0 unspecified atom stereocenters. The fourth-order valence-corrected chi connectivity index (χ4v) is 29.4. The van der Waals surface area contributed by atoms with Gasteiger partial charge in [0.05, 0.1) is 18.8 Å². The van der Waals surface area contributed by atoms with Gasteiger partial charge in [0.15, 0.2) is 42.9 Å². The molecule has 7 rings (SSSR count). The van der Waals surface area contributed by atoms with Gasteiger partial charge in [-0.3, -0.25) is 19.2 Å². The molecule has 4 aliphatic heterocycles. The van der Waals surface area contributed by atoms with Crippen LogP contribution in [0.2, 0.25) is 59.4 Å². The minimum Gasteiger partial charge on any atom is -0.463 e. The van der Waals surface area contributed by atoms with Gasteiger partial charge >= 0.3 is 18.2 Å². The van der Waals surface area contributed by atoms with Gasteiger partial charge < -0.3 is 77.0 Å². The summed E-state index contributed by atoms with van der Waals surface area (Å²) in [5, 5.41) is 23.9. The lowest BCUT2D eigenvalue weighted by molar-refractivity contribution is -0.315. The number of nitrogens with one attached hydrogen (secondary N) is 3. The monoisotopic (exact) mass is 1510 g/mol. The number of alkyl carbamates (subject to hydrolysis) is 1. The summed E-state index contributed by atoms with van der Waals surface area (Å²) in [5.74, 6) is -2.54. The first kappa shape index (κ1) is 85.4. The second-order valence-corrected chi connectivity index (χ2v) is 50.2. The zero-order chi connectivity index (χ0) is 75.9. The number of benzene rings is 2. The largest absolute Gasteiger partial charge is 0.463 e. The molecule has 5 aliphatic rings. The second kappa shape index (κ2) is 37.3. The summed E-state index contributed by atoms with van der Waals surface area (Å²) in [6, 6.07) is 21.8. The third-order valence-corrected chi connectivity index (χ3v) is 41.8. The highest BCUT2D eigenvalue weighted by atomic mass is 28.4. The summed E-state index contributed by atoms with van der Waals surface area (Å²) >= 11 is 0. The molecule has 1 spiro atoms. The molecule has 4 fully saturated rings. The van der Waals surface area contributed by atoms with Gasteiger partial charge in [0.1, 0.15) is 60.9 Å². The van der Waals surface area contributed by atoms with Crippen molar-refractivity contribution in [1.29, 1.82) is 0 Å². The number of aliphatic hydroxyl groups excluding tert-OH is 1. The number of fused-ring (bicyclic) bond motifs is 1. The molecule has 4 heterocycles. The van der Waals surface area contributed by atoms with Crippen molar-refractivity contribution in [2.75, 3.05) is 40.0 Å². The van der Waals surface area contributed by atoms with Gasteiger partial charge in [-0.1, -0.05) is 189 Å². The van der Waals surface area contributed by atoms with E-state index >= 15 is 14.4 Å². The van der Waals surface area contributed by atoms with Crippen LogP contribution in [0.3, 0.4) is 0 Å². The molecule has 2 bridgehead atoms. The normalized spacial score (nSPS) is 25.3. The van der Waals surface area contributed by atoms with Crippen LogP contribution in [-0.4, -0.2) is 208 Å². The molecule has 2 aromatic carbocycles. The van der Waals surface area contributed by atoms with Crippen LogP contribution in [0, 0.1) is 5.92 Å². The fraction of sp³-hybridized carbons (Fsp3) is 0.740. The first-order valence-electron chi connectivity index (χ1n) is 38.9. The molecule has 4 N–H and O–H groups in total. The Balaban J connectivity index is 1.34. The van der Waals surface area contributed by atoms with Gasteiger partial charge in [-0.15, -0.1) is 0 Å². The number of carbonyl (C=O) groups excluding carboxylic acids is 6. The second-order valence-electron chi connectivity index (χ2n) is 31.7. The van der Waals surface area contributed by atoms with Gasteiger partial charge in [0, 0.05) is 39.6 Å². The summed E-state index contributed by atoms with van der Waals surface area (Å²) in [5.41, 5.74) is -1.70. The lowest BCUT2D eigenvalue weighted by atomic mass is 9.66. The molecular formula is C77H129N5O17Si4. The summed E-state index contributed by atoms with van der Waals surface area (Å²) < 4.78 is 69.9. The van der Waals surface area contributed by atoms with E-state index in [0.717, 1.165) is 83.2 Å². The van der Waals surface area contributed by atoms with E-state index in [9.17, 15) is 19.5 Å². The van der Waals surface area contributed by atoms with E-state index in [0.29, 0.717) is 19.4 Å². The third-order valence-electron chi connectivity index (χ3n) is 22.9. The number of amides is 5. The van der Waals surface area contributed by atoms with E-state index in [-0.39, 0.29) is 63.9 Å². The maximum absolute atomic E-state index is 16.5. The molecule has 26 heteroatoms. The average Bonchev–Trinajstić information content (AvgIpc) is 1.64. The van der Waals surface area contributed by atoms with Gasteiger partial charge in [-0.25, -0.2) is 9.59 Å². The molecule has 103 heavy (non-hydrogen) atoms. The van der Waals surface area contributed by atoms with Crippen molar-refractivity contribution in [2.24, 2.45) is 5.92 Å². The summed E-state index contributed by atoms with van der Waals surface area (Å²) in [4.78, 5) is 91.7. The van der Waals surface area contributed by atoms with Crippen LogP contribution < -0.4 is 26.3 Å². The number of likely N-dealkylation sites (tertiary alicyclic amines) is 1. The number of unbranched alkanes of at least 4 members (excludes halogenated alkanes) is 2. The SMILES string of the molecule is CCCCCC(=O)OC[C@H]1O[C@H](O[C@@H]2C[C@@H]3[C@H](O)[C@@]4(C2)OC(=O)N[C@H]4[C@H](C(=O)NCCC2=CCN(C(=O)OC(C)(C)C)C2)N3C(=O)[C@@H](CC(C)C)NC(=O)[C@@H](CO[Si](c2ccccc2)(c2ccccc2)C(C)(C)C)OC)[C@H](O[Si](CC)(CC)CC)[C@@H](O[Si](CC)(CC)CC)[C@@H]1O[Si](CC)(CC)CC. The highest BCUT2D eigenvalue weighted by Gasteiger charge is 2.71. The third kappa shape index (κ3) is 19.9. The predicted octanol–water partition coefficient (Wildman–Crippen LogP) is 11.8. The first-order valence-corrected chi connectivity index (χ1v) is 48.4. The van der Waals surface area contributed by atoms with Crippen molar-refractivity contribution >= 4 is 79.5 Å².